The molecule has 3 aliphatic rings. The molecule has 0 fully saturated rings. The van der Waals surface area contributed by atoms with Gasteiger partial charge in [-0.3, -0.25) is 4.79 Å². The molecule has 8 heteroatoms. The van der Waals surface area contributed by atoms with Gasteiger partial charge in [-0.25, -0.2) is 4.79 Å². The van der Waals surface area contributed by atoms with E-state index in [1.165, 1.54) is 12.1 Å². The molecule has 0 amide bonds. The van der Waals surface area contributed by atoms with E-state index in [4.69, 9.17) is 4.74 Å². The number of allylic oxidation sites excluding steroid dienone is 2. The van der Waals surface area contributed by atoms with E-state index in [0.29, 0.717) is 35.2 Å². The van der Waals surface area contributed by atoms with Crippen LogP contribution in [0.2, 0.25) is 0 Å². The van der Waals surface area contributed by atoms with Crippen molar-refractivity contribution in [3.8, 4) is 0 Å². The van der Waals surface area contributed by atoms with Gasteiger partial charge in [-0.15, -0.1) is 0 Å². The van der Waals surface area contributed by atoms with E-state index >= 15 is 0 Å². The first-order chi connectivity index (χ1) is 11.8. The van der Waals surface area contributed by atoms with E-state index in [9.17, 15) is 22.8 Å². The predicted molar refractivity (Wildman–Crippen MR) is 89.3 cm³/mol. The Bertz CT molecular complexity index is 846. The van der Waals surface area contributed by atoms with Crippen LogP contribution < -0.4 is 5.32 Å². The van der Waals surface area contributed by atoms with Gasteiger partial charge in [0.15, 0.2) is 5.78 Å². The molecule has 25 heavy (non-hydrogen) atoms. The number of cyclic esters (lactones) is 1. The van der Waals surface area contributed by atoms with Crippen LogP contribution in [0.5, 0.6) is 0 Å². The first-order valence-electron chi connectivity index (χ1n) is 7.57. The quantitative estimate of drug-likeness (QED) is 0.515. The van der Waals surface area contributed by atoms with Gasteiger partial charge in [-0.1, -0.05) is 6.07 Å². The molecule has 0 saturated heterocycles. The summed E-state index contributed by atoms with van der Waals surface area (Å²) in [7, 11) is 0. The van der Waals surface area contributed by atoms with Crippen LogP contribution in [0.3, 0.4) is 0 Å². The topological polar surface area (TPSA) is 55.4 Å². The number of nitrogens with one attached hydrogen (secondary N) is 1. The Hall–Kier alpha value is -1.84. The van der Waals surface area contributed by atoms with Gasteiger partial charge in [-0.05, 0) is 46.7 Å². The molecule has 0 saturated carbocycles. The zero-order valence-electron chi connectivity index (χ0n) is 12.7. The standard InChI is InChI=1S/C17H11F3INO3/c18-17(19,20)8-2-1-7(5-9(8)21)13-14-10(3-4-12(14)23)22-11-6-25-16(24)15(11)13/h1-2,5,13,22H,3-4,6H2. The lowest BCUT2D eigenvalue weighted by Gasteiger charge is -2.26. The fraction of sp³-hybridized carbons (Fsp3) is 0.294. The van der Waals surface area contributed by atoms with Gasteiger partial charge in [0.1, 0.15) is 6.61 Å². The maximum Gasteiger partial charge on any atom is 0.417 e. The molecule has 1 aromatic carbocycles. The highest BCUT2D eigenvalue weighted by Crippen LogP contribution is 2.46. The molecule has 1 unspecified atom stereocenters. The van der Waals surface area contributed by atoms with Crippen molar-refractivity contribution >= 4 is 34.3 Å². The van der Waals surface area contributed by atoms with Crippen LogP contribution in [0.15, 0.2) is 40.7 Å². The van der Waals surface area contributed by atoms with Gasteiger partial charge < -0.3 is 10.1 Å². The minimum absolute atomic E-state index is 0.0299. The highest BCUT2D eigenvalue weighted by Gasteiger charge is 2.44. The number of ether oxygens (including phenoxy) is 1. The summed E-state index contributed by atoms with van der Waals surface area (Å²) in [4.78, 5) is 24.5. The lowest BCUT2D eigenvalue weighted by Crippen LogP contribution is -2.27. The van der Waals surface area contributed by atoms with Crippen molar-refractivity contribution in [3.05, 3.63) is 55.4 Å². The number of hydrogen-bond donors (Lipinski definition) is 1. The second-order valence-electron chi connectivity index (χ2n) is 6.08. The van der Waals surface area contributed by atoms with Crippen molar-refractivity contribution < 1.29 is 27.5 Å². The molecule has 130 valence electrons. The summed E-state index contributed by atoms with van der Waals surface area (Å²) in [5, 5.41) is 3.10. The summed E-state index contributed by atoms with van der Waals surface area (Å²) in [6.45, 7) is 0.0906. The maximum atomic E-state index is 13.0. The van der Waals surface area contributed by atoms with E-state index in [2.05, 4.69) is 5.32 Å². The Labute approximate surface area is 154 Å². The number of benzene rings is 1. The van der Waals surface area contributed by atoms with Crippen LogP contribution in [0.4, 0.5) is 13.2 Å². The second-order valence-corrected chi connectivity index (χ2v) is 7.24. The molecular formula is C17H11F3INO3. The summed E-state index contributed by atoms with van der Waals surface area (Å²) < 4.78 is 44.1. The molecule has 2 aliphatic heterocycles. The fourth-order valence-electron chi connectivity index (χ4n) is 3.55. The number of carbonyl (C=O) groups excluding carboxylic acids is 2. The third-order valence-corrected chi connectivity index (χ3v) is 5.52. The number of rotatable bonds is 1. The van der Waals surface area contributed by atoms with Crippen LogP contribution in [-0.2, 0) is 20.5 Å². The summed E-state index contributed by atoms with van der Waals surface area (Å²) in [5.41, 5.74) is 1.88. The van der Waals surface area contributed by atoms with Gasteiger partial charge >= 0.3 is 12.1 Å². The highest BCUT2D eigenvalue weighted by atomic mass is 127. The van der Waals surface area contributed by atoms with Crippen molar-refractivity contribution in [3.63, 3.8) is 0 Å². The molecule has 4 rings (SSSR count). The van der Waals surface area contributed by atoms with Gasteiger partial charge in [0.25, 0.3) is 0 Å². The molecule has 0 radical (unpaired) electrons. The number of halogens is 4. The van der Waals surface area contributed by atoms with Crippen molar-refractivity contribution in [2.24, 2.45) is 0 Å². The summed E-state index contributed by atoms with van der Waals surface area (Å²) in [6, 6.07) is 3.73. The zero-order chi connectivity index (χ0) is 17.9. The second kappa shape index (κ2) is 5.58. The molecule has 4 nitrogen and oxygen atoms in total. The van der Waals surface area contributed by atoms with Crippen LogP contribution >= 0.6 is 22.6 Å². The Morgan fingerprint density at radius 3 is 2.56 bits per heavy atom. The number of ketones is 1. The fourth-order valence-corrected chi connectivity index (χ4v) is 4.40. The summed E-state index contributed by atoms with van der Waals surface area (Å²) >= 11 is 1.63. The molecule has 1 aliphatic carbocycles. The number of dihydropyridines is 1. The van der Waals surface area contributed by atoms with E-state index in [0.717, 1.165) is 11.8 Å². The Morgan fingerprint density at radius 2 is 1.88 bits per heavy atom. The van der Waals surface area contributed by atoms with E-state index < -0.39 is 23.6 Å². The van der Waals surface area contributed by atoms with Crippen LogP contribution in [0.25, 0.3) is 0 Å². The molecule has 2 heterocycles. The molecule has 1 N–H and O–H groups in total. The Balaban J connectivity index is 1.86. The number of alkyl halides is 3. The van der Waals surface area contributed by atoms with Gasteiger partial charge in [0, 0.05) is 27.2 Å². The summed E-state index contributed by atoms with van der Waals surface area (Å²) in [6.07, 6.45) is -3.58. The largest absolute Gasteiger partial charge is 0.456 e. The number of hydrogen-bond acceptors (Lipinski definition) is 4. The minimum Gasteiger partial charge on any atom is -0.456 e. The lowest BCUT2D eigenvalue weighted by molar-refractivity contribution is -0.138. The van der Waals surface area contributed by atoms with Gasteiger partial charge in [-0.2, -0.15) is 13.2 Å². The molecule has 0 spiro atoms. The van der Waals surface area contributed by atoms with Gasteiger partial charge in [0.2, 0.25) is 0 Å². The number of esters is 1. The Kier molecular flexibility index (Phi) is 3.71. The third kappa shape index (κ3) is 2.57. The van der Waals surface area contributed by atoms with Crippen LogP contribution in [0, 0.1) is 3.57 Å². The maximum absolute atomic E-state index is 13.0. The number of carbonyl (C=O) groups is 2. The predicted octanol–water partition coefficient (Wildman–Crippen LogP) is 3.42. The van der Waals surface area contributed by atoms with E-state index in [-0.39, 0.29) is 16.0 Å². The molecule has 0 bridgehead atoms. The average molecular weight is 461 g/mol. The lowest BCUT2D eigenvalue weighted by atomic mass is 9.80. The monoisotopic (exact) mass is 461 g/mol. The normalized spacial score (nSPS) is 22.8. The van der Waals surface area contributed by atoms with Crippen molar-refractivity contribution in [2.45, 2.75) is 24.9 Å². The van der Waals surface area contributed by atoms with Crippen LogP contribution in [-0.4, -0.2) is 18.4 Å². The van der Waals surface area contributed by atoms with Crippen LogP contribution in [0.1, 0.15) is 29.9 Å². The van der Waals surface area contributed by atoms with E-state index in [1.54, 1.807) is 22.6 Å². The number of Topliss-reactive ketones (excluding diaryl/α,β-unsaturated/α-hetero) is 1. The first-order valence-corrected chi connectivity index (χ1v) is 8.65. The molecular weight excluding hydrogens is 450 g/mol. The molecule has 1 aromatic rings. The zero-order valence-corrected chi connectivity index (χ0v) is 14.8. The highest BCUT2D eigenvalue weighted by molar-refractivity contribution is 14.1. The molecule has 1 atom stereocenters. The summed E-state index contributed by atoms with van der Waals surface area (Å²) in [5.74, 6) is -1.30. The SMILES string of the molecule is O=C1CCC2=C1C(c1ccc(C(F)(F)F)c(I)c1)C1=C(COC1=O)N2. The third-order valence-electron chi connectivity index (χ3n) is 4.63. The first kappa shape index (κ1) is 16.6. The van der Waals surface area contributed by atoms with Crippen molar-refractivity contribution in [1.82, 2.24) is 5.32 Å². The van der Waals surface area contributed by atoms with E-state index in [1.807, 2.05) is 0 Å². The van der Waals surface area contributed by atoms with Crippen molar-refractivity contribution in [1.29, 1.82) is 0 Å². The molecule has 0 aromatic heterocycles. The Morgan fingerprint density at radius 1 is 1.12 bits per heavy atom. The van der Waals surface area contributed by atoms with Crippen molar-refractivity contribution in [2.75, 3.05) is 6.61 Å². The average Bonchev–Trinajstić information content (AvgIpc) is 3.08. The smallest absolute Gasteiger partial charge is 0.417 e. The van der Waals surface area contributed by atoms with Gasteiger partial charge in [0.05, 0.1) is 16.8 Å². The minimum atomic E-state index is -4.45.